The first-order valence-electron chi connectivity index (χ1n) is 18.2. The fourth-order valence-electron chi connectivity index (χ4n) is 6.14. The quantitative estimate of drug-likeness (QED) is 0.0975. The van der Waals surface area contributed by atoms with Crippen molar-refractivity contribution in [3.8, 4) is 28.2 Å². The maximum absolute atomic E-state index is 12.8. The summed E-state index contributed by atoms with van der Waals surface area (Å²) in [7, 11) is 0. The number of pyridine rings is 1. The van der Waals surface area contributed by atoms with E-state index in [1.54, 1.807) is 24.4 Å². The van der Waals surface area contributed by atoms with Crippen LogP contribution in [0.4, 0.5) is 10.6 Å². The van der Waals surface area contributed by atoms with Crippen LogP contribution in [0, 0.1) is 0 Å². The number of hydrogen-bond donors (Lipinski definition) is 4. The van der Waals surface area contributed by atoms with Crippen LogP contribution < -0.4 is 22.1 Å². The number of carbonyl (C=O) groups is 3. The average Bonchev–Trinajstić information content (AvgIpc) is 3.49. The number of alkyl carbamates (subject to hydrolysis) is 1. The smallest absolute Gasteiger partial charge is 0.408 e. The van der Waals surface area contributed by atoms with Gasteiger partial charge in [0.05, 0.1) is 28.3 Å². The van der Waals surface area contributed by atoms with E-state index in [9.17, 15) is 14.4 Å². The SMILES string of the molecule is C.C=CC(=C)C(N)=O.C=CC1=C(/C=C\C)c2nc(-c3ccc(C(N)=O)cc3)c(-c3ccc(C4(NC(=O)OC(C)(C)C)CCC4)cc3)n2-c2cccnc2N1.CC. The summed E-state index contributed by atoms with van der Waals surface area (Å²) in [6.07, 6.45) is 11.1. The van der Waals surface area contributed by atoms with Crippen LogP contribution in [0.2, 0.25) is 0 Å². The molecule has 2 aliphatic rings. The number of carbonyl (C=O) groups excluding carboxylic acids is 3. The highest BCUT2D eigenvalue weighted by Crippen LogP contribution is 2.44. The Balaban J connectivity index is 0.000000760. The third-order valence-corrected chi connectivity index (χ3v) is 8.89. The van der Waals surface area contributed by atoms with E-state index in [0.29, 0.717) is 17.2 Å². The molecule has 1 saturated carbocycles. The highest BCUT2D eigenvalue weighted by Gasteiger charge is 2.41. The second-order valence-corrected chi connectivity index (χ2v) is 13.7. The molecule has 4 aromatic rings. The van der Waals surface area contributed by atoms with Gasteiger partial charge in [-0.1, -0.05) is 95.6 Å². The van der Waals surface area contributed by atoms with Crippen molar-refractivity contribution in [1.29, 1.82) is 0 Å². The predicted octanol–water partition coefficient (Wildman–Crippen LogP) is 9.38. The number of rotatable bonds is 9. The lowest BCUT2D eigenvalue weighted by Gasteiger charge is -2.43. The number of aromatic nitrogens is 3. The minimum absolute atomic E-state index is 0. The lowest BCUT2D eigenvalue weighted by Crippen LogP contribution is -2.52. The van der Waals surface area contributed by atoms with Gasteiger partial charge in [0.1, 0.15) is 11.4 Å². The Hall–Kier alpha value is -6.49. The first-order chi connectivity index (χ1) is 26.2. The van der Waals surface area contributed by atoms with Crippen LogP contribution >= 0.6 is 0 Å². The Bertz CT molecular complexity index is 2150. The summed E-state index contributed by atoms with van der Waals surface area (Å²) in [4.78, 5) is 44.6. The van der Waals surface area contributed by atoms with Gasteiger partial charge in [-0.25, -0.2) is 14.8 Å². The zero-order valence-corrected chi connectivity index (χ0v) is 32.5. The summed E-state index contributed by atoms with van der Waals surface area (Å²) in [5, 5.41) is 6.60. The molecule has 1 aliphatic heterocycles. The predicted molar refractivity (Wildman–Crippen MR) is 228 cm³/mol. The van der Waals surface area contributed by atoms with E-state index < -0.39 is 29.0 Å². The molecule has 0 saturated heterocycles. The van der Waals surface area contributed by atoms with Gasteiger partial charge in [-0.05, 0) is 82.9 Å². The van der Waals surface area contributed by atoms with Crippen molar-refractivity contribution < 1.29 is 19.1 Å². The summed E-state index contributed by atoms with van der Waals surface area (Å²) < 4.78 is 7.71. The topological polar surface area (TPSA) is 167 Å². The van der Waals surface area contributed by atoms with E-state index in [0.717, 1.165) is 64.3 Å². The maximum Gasteiger partial charge on any atom is 0.408 e. The number of nitrogens with zero attached hydrogens (tertiary/aromatic N) is 3. The van der Waals surface area contributed by atoms with Crippen molar-refractivity contribution in [2.45, 2.75) is 79.4 Å². The molecule has 6 N–H and O–H groups in total. The van der Waals surface area contributed by atoms with Crippen molar-refractivity contribution in [3.05, 3.63) is 139 Å². The minimum atomic E-state index is -0.587. The number of benzene rings is 2. The molecule has 11 nitrogen and oxygen atoms in total. The summed E-state index contributed by atoms with van der Waals surface area (Å²) in [5.41, 5.74) is 16.7. The molecule has 56 heavy (non-hydrogen) atoms. The van der Waals surface area contributed by atoms with Crippen molar-refractivity contribution in [3.63, 3.8) is 0 Å². The van der Waals surface area contributed by atoms with Gasteiger partial charge in [-0.15, -0.1) is 0 Å². The first-order valence-corrected chi connectivity index (χ1v) is 18.2. The van der Waals surface area contributed by atoms with Crippen molar-refractivity contribution in [1.82, 2.24) is 19.9 Å². The summed E-state index contributed by atoms with van der Waals surface area (Å²) >= 11 is 0. The Kier molecular flexibility index (Phi) is 14.7. The molecule has 0 spiro atoms. The van der Waals surface area contributed by atoms with Crippen molar-refractivity contribution in [2.24, 2.45) is 11.5 Å². The molecule has 2 aromatic heterocycles. The molecule has 11 heteroatoms. The van der Waals surface area contributed by atoms with Gasteiger partial charge in [0.25, 0.3) is 0 Å². The number of anilines is 1. The third kappa shape index (κ3) is 9.59. The Labute approximate surface area is 331 Å². The molecule has 1 aliphatic carbocycles. The minimum Gasteiger partial charge on any atom is -0.444 e. The van der Waals surface area contributed by atoms with Gasteiger partial charge in [0, 0.05) is 34.0 Å². The Morgan fingerprint density at radius 2 is 1.61 bits per heavy atom. The monoisotopic (exact) mass is 757 g/mol. The van der Waals surface area contributed by atoms with Gasteiger partial charge >= 0.3 is 6.09 Å². The van der Waals surface area contributed by atoms with Gasteiger partial charge in [-0.2, -0.15) is 0 Å². The van der Waals surface area contributed by atoms with Crippen molar-refractivity contribution in [2.75, 3.05) is 5.32 Å². The van der Waals surface area contributed by atoms with Crippen LogP contribution in [0.5, 0.6) is 0 Å². The fourth-order valence-corrected chi connectivity index (χ4v) is 6.14. The fraction of sp³-hybridized carbons (Fsp3) is 0.267. The third-order valence-electron chi connectivity index (χ3n) is 8.89. The molecule has 294 valence electrons. The number of primary amides is 2. The summed E-state index contributed by atoms with van der Waals surface area (Å²) in [6, 6.07) is 19.3. The molecule has 0 unspecified atom stereocenters. The number of nitrogens with one attached hydrogen (secondary N) is 2. The van der Waals surface area contributed by atoms with Gasteiger partial charge in [-0.3, -0.25) is 14.2 Å². The van der Waals surface area contributed by atoms with Crippen LogP contribution in [0.25, 0.3) is 33.8 Å². The van der Waals surface area contributed by atoms with Crippen molar-refractivity contribution >= 4 is 29.3 Å². The lowest BCUT2D eigenvalue weighted by atomic mass is 9.71. The molecular weight excluding hydrogens is 703 g/mol. The molecule has 0 radical (unpaired) electrons. The summed E-state index contributed by atoms with van der Waals surface area (Å²) in [5.74, 6) is 0.365. The highest BCUT2D eigenvalue weighted by atomic mass is 16.6. The molecule has 3 heterocycles. The largest absolute Gasteiger partial charge is 0.444 e. The number of allylic oxidation sites excluding steroid dienone is 4. The van der Waals surface area contributed by atoms with Crippen LogP contribution in [0.3, 0.4) is 0 Å². The second kappa shape index (κ2) is 18.7. The zero-order valence-electron chi connectivity index (χ0n) is 32.5. The lowest BCUT2D eigenvalue weighted by molar-refractivity contribution is -0.114. The number of imidazole rings is 1. The van der Waals surface area contributed by atoms with Gasteiger partial charge < -0.3 is 26.8 Å². The van der Waals surface area contributed by atoms with E-state index in [-0.39, 0.29) is 13.0 Å². The van der Waals surface area contributed by atoms with Gasteiger partial charge in [0.15, 0.2) is 5.82 Å². The first kappa shape index (κ1) is 43.9. The molecule has 2 aromatic carbocycles. The molecule has 6 rings (SSSR count). The molecule has 0 atom stereocenters. The van der Waals surface area contributed by atoms with E-state index in [1.165, 1.54) is 6.08 Å². The highest BCUT2D eigenvalue weighted by molar-refractivity contribution is 5.95. The number of amides is 3. The maximum atomic E-state index is 12.8. The van der Waals surface area contributed by atoms with Gasteiger partial charge in [0.2, 0.25) is 11.8 Å². The number of fused-ring (bicyclic) bond motifs is 3. The number of nitrogens with two attached hydrogens (primary N) is 2. The standard InChI is InChI=1S/C37H38N6O3.C5H7NO.C2H6.CH4/c1-6-10-27-28(7-2)40-33-29(11-8-22-39-33)43-31(30(41-34(27)43)23-12-14-25(15-13-23)32(38)44)24-16-18-26(19-17-24)37(20-9-21-37)42-35(45)46-36(3,4)5;1-3-4(2)5(6)7;1-2;/h6-8,10-19,22H,2,9,20-21H2,1,3-5H3,(H2,38,44)(H,39,40)(H,42,45);3H,1-2H2,(H2,6,7);1-2H3;1H4/b10-6-;;;. The van der Waals surface area contributed by atoms with E-state index in [4.69, 9.17) is 21.2 Å². The normalized spacial score (nSPS) is 13.5. The summed E-state index contributed by atoms with van der Waals surface area (Å²) in [6.45, 7) is 22.2. The van der Waals surface area contributed by atoms with Crippen LogP contribution in [-0.2, 0) is 15.1 Å². The number of ether oxygens (including phenoxy) is 1. The van der Waals surface area contributed by atoms with Crippen LogP contribution in [-0.4, -0.2) is 38.0 Å². The molecular formula is C45H55N7O4. The van der Waals surface area contributed by atoms with E-state index in [2.05, 4.69) is 64.2 Å². The van der Waals surface area contributed by atoms with E-state index in [1.807, 2.05) is 78.0 Å². The zero-order chi connectivity index (χ0) is 40.5. The average molecular weight is 758 g/mol. The van der Waals surface area contributed by atoms with E-state index >= 15 is 0 Å². The van der Waals surface area contributed by atoms with Crippen LogP contribution in [0.1, 0.15) is 90.0 Å². The molecule has 0 bridgehead atoms. The Morgan fingerprint density at radius 1 is 0.982 bits per heavy atom. The molecule has 3 amide bonds. The second-order valence-electron chi connectivity index (χ2n) is 13.7. The van der Waals surface area contributed by atoms with Crippen LogP contribution in [0.15, 0.2) is 122 Å². The number of hydrogen-bond acceptors (Lipinski definition) is 7. The molecule has 1 fully saturated rings. The Morgan fingerprint density at radius 3 is 2.09 bits per heavy atom.